The number of aromatic nitrogens is 1. The van der Waals surface area contributed by atoms with E-state index in [1.807, 2.05) is 18.2 Å². The van der Waals surface area contributed by atoms with Gasteiger partial charge in [-0.1, -0.05) is 18.2 Å². The number of nitrogens with zero attached hydrogens (tertiary/aromatic N) is 1. The van der Waals surface area contributed by atoms with E-state index in [0.29, 0.717) is 10.4 Å². The molecule has 0 fully saturated rings. The maximum atomic E-state index is 11.6. The predicted octanol–water partition coefficient (Wildman–Crippen LogP) is 2.69. The van der Waals surface area contributed by atoms with Gasteiger partial charge in [-0.15, -0.1) is 12.4 Å². The number of nitrogens with one attached hydrogen (secondary N) is 1. The van der Waals surface area contributed by atoms with Gasteiger partial charge in [-0.3, -0.25) is 4.98 Å². The summed E-state index contributed by atoms with van der Waals surface area (Å²) in [6.07, 6.45) is 3.06. The van der Waals surface area contributed by atoms with Crippen molar-refractivity contribution in [2.24, 2.45) is 0 Å². The Labute approximate surface area is 131 Å². The molecule has 3 nitrogen and oxygen atoms in total. The molecule has 2 rings (SSSR count). The quantitative estimate of drug-likeness (QED) is 0.874. The summed E-state index contributed by atoms with van der Waals surface area (Å²) < 4.78 is 19.2. The summed E-state index contributed by atoms with van der Waals surface area (Å²) in [5.74, 6) is 0. The fourth-order valence-corrected chi connectivity index (χ4v) is 2.27. The Morgan fingerprint density at radius 2 is 1.88 bits per heavy atom. The number of fused-ring (bicyclic) bond motifs is 1. The Morgan fingerprint density at radius 3 is 2.50 bits per heavy atom. The van der Waals surface area contributed by atoms with Crippen LogP contribution in [-0.2, 0) is 9.73 Å². The minimum absolute atomic E-state index is 0. The van der Waals surface area contributed by atoms with Gasteiger partial charge in [0.05, 0.1) is 20.1 Å². The molecular weight excluding hydrogens is 272 g/mol. The molecule has 6 heteroatoms. The average molecular weight is 283 g/mol. The molecule has 0 bridgehead atoms. The monoisotopic (exact) mass is 282 g/mol. The second kappa shape index (κ2) is 6.17. The summed E-state index contributed by atoms with van der Waals surface area (Å²) >= 11 is 0. The van der Waals surface area contributed by atoms with E-state index in [0.717, 1.165) is 5.39 Å². The van der Waals surface area contributed by atoms with Crippen LogP contribution < -0.4 is 0 Å². The SMILES string of the molecule is CS(=N)(=O)c1cccc2cccnc12.Cl.[Ar]. The number of halogens is 1. The van der Waals surface area contributed by atoms with Crippen molar-refractivity contribution in [2.75, 3.05) is 6.26 Å². The van der Waals surface area contributed by atoms with Gasteiger partial charge in [0.15, 0.2) is 0 Å². The first-order valence-electron chi connectivity index (χ1n) is 4.16. The van der Waals surface area contributed by atoms with Gasteiger partial charge in [0, 0.05) is 55.6 Å². The maximum Gasteiger partial charge on any atom is 0.0871 e. The van der Waals surface area contributed by atoms with Crippen molar-refractivity contribution in [3.63, 3.8) is 0 Å². The molecule has 0 aliphatic heterocycles. The van der Waals surface area contributed by atoms with Crippen LogP contribution in [0.15, 0.2) is 41.4 Å². The molecule has 2 aromatic rings. The number of rotatable bonds is 1. The Morgan fingerprint density at radius 1 is 1.25 bits per heavy atom. The predicted molar refractivity (Wildman–Crippen MR) is 64.0 cm³/mol. The fraction of sp³-hybridized carbons (Fsp3) is 0.100. The van der Waals surface area contributed by atoms with E-state index in [1.165, 1.54) is 6.26 Å². The number of hydrogen-bond acceptors (Lipinski definition) is 3. The second-order valence-corrected chi connectivity index (χ2v) is 5.30. The van der Waals surface area contributed by atoms with Crippen molar-refractivity contribution >= 4 is 33.0 Å². The molecule has 1 N–H and O–H groups in total. The number of hydrogen-bond donors (Lipinski definition) is 1. The largest absolute Gasteiger partial charge is 0.255 e. The van der Waals surface area contributed by atoms with Crippen LogP contribution in [0.2, 0.25) is 0 Å². The Kier molecular flexibility index (Phi) is 6.22. The normalized spacial score (nSPS) is 13.3. The standard InChI is InChI=1S/C10H10N2OS.Ar.ClH/c1-14(11,13)9-6-2-4-8-5-3-7-12-10(8)9;;/h2-7,11H,1H3;;1H. The Balaban J connectivity index is 0.00000112. The summed E-state index contributed by atoms with van der Waals surface area (Å²) in [5, 5.41) is 0.923. The molecule has 0 amide bonds. The van der Waals surface area contributed by atoms with Crippen molar-refractivity contribution in [3.05, 3.63) is 36.5 Å². The molecule has 0 aliphatic carbocycles. The second-order valence-electron chi connectivity index (χ2n) is 3.17. The zero-order chi connectivity index (χ0) is 10.2. The van der Waals surface area contributed by atoms with E-state index in [-0.39, 0.29) is 50.1 Å². The molecule has 1 atom stereocenters. The zero-order valence-electron chi connectivity index (χ0n) is 8.49. The molecule has 0 saturated carbocycles. The van der Waals surface area contributed by atoms with Crippen LogP contribution >= 0.6 is 12.4 Å². The van der Waals surface area contributed by atoms with Gasteiger partial charge in [0.2, 0.25) is 0 Å². The first-order valence-corrected chi connectivity index (χ1v) is 6.13. The van der Waals surface area contributed by atoms with E-state index >= 15 is 0 Å². The molecule has 1 unspecified atom stereocenters. The molecular formula is C10H11ArClN2OS. The van der Waals surface area contributed by atoms with Crippen molar-refractivity contribution < 1.29 is 41.9 Å². The molecule has 1 heterocycles. The molecule has 0 radical (unpaired) electrons. The fourth-order valence-electron chi connectivity index (χ4n) is 1.39. The molecule has 88 valence electrons. The van der Waals surface area contributed by atoms with Gasteiger partial charge in [0.25, 0.3) is 0 Å². The van der Waals surface area contributed by atoms with Gasteiger partial charge in [-0.25, -0.2) is 8.99 Å². The molecule has 16 heavy (non-hydrogen) atoms. The number of para-hydroxylation sites is 1. The smallest absolute Gasteiger partial charge is 0.0871 e. The van der Waals surface area contributed by atoms with Crippen LogP contribution in [-0.4, -0.2) is 15.4 Å². The minimum atomic E-state index is -2.69. The van der Waals surface area contributed by atoms with Crippen LogP contribution in [0.4, 0.5) is 0 Å². The van der Waals surface area contributed by atoms with Crippen molar-refractivity contribution in [1.82, 2.24) is 4.98 Å². The summed E-state index contributed by atoms with van der Waals surface area (Å²) in [6.45, 7) is 0. The Hall–Kier alpha value is 0.130. The third kappa shape index (κ3) is 3.31. The van der Waals surface area contributed by atoms with Crippen molar-refractivity contribution in [1.29, 1.82) is 4.78 Å². The number of benzene rings is 1. The summed E-state index contributed by atoms with van der Waals surface area (Å²) in [4.78, 5) is 4.66. The summed E-state index contributed by atoms with van der Waals surface area (Å²) in [6, 6.07) is 9.13. The topological polar surface area (TPSA) is 53.8 Å². The number of pyridine rings is 1. The van der Waals surface area contributed by atoms with Crippen LogP contribution in [0.25, 0.3) is 10.9 Å². The van der Waals surface area contributed by atoms with Gasteiger partial charge in [-0.2, -0.15) is 0 Å². The van der Waals surface area contributed by atoms with Crippen LogP contribution in [0.1, 0.15) is 0 Å². The average Bonchev–Trinajstić information content (AvgIpc) is 2.15. The van der Waals surface area contributed by atoms with Gasteiger partial charge < -0.3 is 0 Å². The summed E-state index contributed by atoms with van der Waals surface area (Å²) in [7, 11) is -2.69. The maximum absolute atomic E-state index is 11.6. The third-order valence-electron chi connectivity index (χ3n) is 2.02. The molecule has 1 aromatic carbocycles. The van der Waals surface area contributed by atoms with E-state index in [4.69, 9.17) is 4.78 Å². The molecule has 1 aromatic heterocycles. The van der Waals surface area contributed by atoms with E-state index in [9.17, 15) is 4.21 Å². The van der Waals surface area contributed by atoms with Crippen LogP contribution in [0.5, 0.6) is 0 Å². The zero-order valence-corrected chi connectivity index (χ0v) is 10.8. The van der Waals surface area contributed by atoms with Crippen molar-refractivity contribution in [3.8, 4) is 0 Å². The molecule has 0 spiro atoms. The first-order chi connectivity index (χ1) is 6.59. The van der Waals surface area contributed by atoms with Gasteiger partial charge in [-0.05, 0) is 12.1 Å². The molecule has 0 aliphatic rings. The Bertz CT molecular complexity index is 581. The van der Waals surface area contributed by atoms with Crippen LogP contribution in [0.3, 0.4) is 0 Å². The van der Waals surface area contributed by atoms with E-state index < -0.39 is 9.73 Å². The van der Waals surface area contributed by atoms with Gasteiger partial charge in [0.1, 0.15) is 0 Å². The minimum Gasteiger partial charge on any atom is -0.255 e. The van der Waals surface area contributed by atoms with Gasteiger partial charge >= 0.3 is 0 Å². The first kappa shape index (κ1) is 16.1. The third-order valence-corrected chi connectivity index (χ3v) is 3.18. The van der Waals surface area contributed by atoms with Crippen LogP contribution in [0, 0.1) is 42.5 Å². The molecule has 0 saturated heterocycles. The van der Waals surface area contributed by atoms with E-state index in [1.54, 1.807) is 18.3 Å². The van der Waals surface area contributed by atoms with Crippen molar-refractivity contribution in [2.45, 2.75) is 4.90 Å². The summed E-state index contributed by atoms with van der Waals surface area (Å²) in [5.41, 5.74) is 0.664. The van der Waals surface area contributed by atoms with E-state index in [2.05, 4.69) is 4.98 Å².